The Kier molecular flexibility index (Phi) is 5.24. The van der Waals surface area contributed by atoms with E-state index in [1.807, 2.05) is 31.1 Å². The first-order valence-electron chi connectivity index (χ1n) is 8.38. The number of nitrogens with one attached hydrogen (secondary N) is 2. The van der Waals surface area contributed by atoms with E-state index in [2.05, 4.69) is 15.0 Å². The molecule has 0 bridgehead atoms. The van der Waals surface area contributed by atoms with Gasteiger partial charge in [-0.1, -0.05) is 12.1 Å². The lowest BCUT2D eigenvalue weighted by Gasteiger charge is -2.16. The molecule has 2 aromatic rings. The fourth-order valence-electron chi connectivity index (χ4n) is 2.54. The third-order valence-corrected chi connectivity index (χ3v) is 5.55. The second kappa shape index (κ2) is 7.43. The van der Waals surface area contributed by atoms with Crippen LogP contribution in [0, 0.1) is 0 Å². The van der Waals surface area contributed by atoms with Crippen LogP contribution >= 0.6 is 0 Å². The lowest BCUT2D eigenvalue weighted by Crippen LogP contribution is -2.27. The minimum absolute atomic E-state index is 0.0208. The predicted molar refractivity (Wildman–Crippen MR) is 99.5 cm³/mol. The van der Waals surface area contributed by atoms with Gasteiger partial charge in [0.15, 0.2) is 0 Å². The number of hydrogen-bond donors (Lipinski definition) is 2. The molecule has 1 heterocycles. The summed E-state index contributed by atoms with van der Waals surface area (Å²) in [6, 6.07) is 9.79. The number of nitrogens with zero attached hydrogens (tertiary/aromatic N) is 2. The van der Waals surface area contributed by atoms with Crippen molar-refractivity contribution in [2.45, 2.75) is 30.3 Å². The third-order valence-electron chi connectivity index (χ3n) is 4.04. The van der Waals surface area contributed by atoms with E-state index < -0.39 is 10.0 Å². The van der Waals surface area contributed by atoms with Crippen molar-refractivity contribution >= 4 is 21.7 Å². The first-order chi connectivity index (χ1) is 12.4. The maximum atomic E-state index is 12.5. The van der Waals surface area contributed by atoms with Gasteiger partial charge in [-0.15, -0.1) is 0 Å². The average Bonchev–Trinajstić information content (AvgIpc) is 3.43. The molecule has 8 heteroatoms. The van der Waals surface area contributed by atoms with Gasteiger partial charge in [0.25, 0.3) is 5.91 Å². The number of pyridine rings is 1. The molecule has 0 unspecified atom stereocenters. The summed E-state index contributed by atoms with van der Waals surface area (Å²) in [5.41, 5.74) is 1.18. The molecule has 7 nitrogen and oxygen atoms in total. The molecule has 0 spiro atoms. The molecule has 0 atom stereocenters. The molecular weight excluding hydrogens is 352 g/mol. The van der Waals surface area contributed by atoms with Crippen LogP contribution in [0.15, 0.2) is 47.5 Å². The summed E-state index contributed by atoms with van der Waals surface area (Å²) in [5, 5.41) is 2.82. The Morgan fingerprint density at radius 3 is 2.69 bits per heavy atom. The normalized spacial score (nSPS) is 14.1. The van der Waals surface area contributed by atoms with Crippen LogP contribution in [0.2, 0.25) is 0 Å². The average molecular weight is 374 g/mol. The van der Waals surface area contributed by atoms with Gasteiger partial charge in [0.1, 0.15) is 5.82 Å². The van der Waals surface area contributed by atoms with Crippen LogP contribution in [0.4, 0.5) is 5.82 Å². The number of aromatic nitrogens is 1. The quantitative estimate of drug-likeness (QED) is 0.767. The third kappa shape index (κ3) is 4.39. The highest BCUT2D eigenvalue weighted by molar-refractivity contribution is 7.89. The Morgan fingerprint density at radius 2 is 2.00 bits per heavy atom. The van der Waals surface area contributed by atoms with Crippen molar-refractivity contribution in [3.63, 3.8) is 0 Å². The SMILES string of the molecule is CN(C)c1ncccc1CNC(=O)c1cccc(S(=O)(=O)NC2CC2)c1. The van der Waals surface area contributed by atoms with Gasteiger partial charge in [0.2, 0.25) is 10.0 Å². The molecule has 0 saturated heterocycles. The molecule has 138 valence electrons. The Labute approximate surface area is 153 Å². The smallest absolute Gasteiger partial charge is 0.251 e. The Bertz CT molecular complexity index is 908. The number of sulfonamides is 1. The topological polar surface area (TPSA) is 91.4 Å². The van der Waals surface area contributed by atoms with Crippen LogP contribution < -0.4 is 14.9 Å². The van der Waals surface area contributed by atoms with Crippen molar-refractivity contribution in [3.8, 4) is 0 Å². The summed E-state index contributed by atoms with van der Waals surface area (Å²) in [6.45, 7) is 0.303. The zero-order chi connectivity index (χ0) is 18.7. The number of amides is 1. The van der Waals surface area contributed by atoms with Crippen molar-refractivity contribution in [1.82, 2.24) is 15.0 Å². The number of carbonyl (C=O) groups is 1. The zero-order valence-corrected chi connectivity index (χ0v) is 15.6. The van der Waals surface area contributed by atoms with E-state index >= 15 is 0 Å². The predicted octanol–water partition coefficient (Wildman–Crippen LogP) is 1.52. The first-order valence-corrected chi connectivity index (χ1v) is 9.87. The Morgan fingerprint density at radius 1 is 1.23 bits per heavy atom. The lowest BCUT2D eigenvalue weighted by atomic mass is 10.2. The van der Waals surface area contributed by atoms with Crippen molar-refractivity contribution < 1.29 is 13.2 Å². The van der Waals surface area contributed by atoms with Crippen LogP contribution in [-0.4, -0.2) is 39.4 Å². The number of benzene rings is 1. The van der Waals surface area contributed by atoms with Crippen molar-refractivity contribution in [3.05, 3.63) is 53.7 Å². The highest BCUT2D eigenvalue weighted by Crippen LogP contribution is 2.22. The van der Waals surface area contributed by atoms with Crippen LogP contribution in [0.3, 0.4) is 0 Å². The highest BCUT2D eigenvalue weighted by atomic mass is 32.2. The molecule has 2 N–H and O–H groups in total. The molecule has 26 heavy (non-hydrogen) atoms. The minimum atomic E-state index is -3.58. The zero-order valence-electron chi connectivity index (χ0n) is 14.8. The van der Waals surface area contributed by atoms with Gasteiger partial charge in [-0.2, -0.15) is 0 Å². The summed E-state index contributed by atoms with van der Waals surface area (Å²) >= 11 is 0. The number of hydrogen-bond acceptors (Lipinski definition) is 5. The van der Waals surface area contributed by atoms with Crippen LogP contribution in [-0.2, 0) is 16.6 Å². The number of carbonyl (C=O) groups excluding carboxylic acids is 1. The number of rotatable bonds is 7. The van der Waals surface area contributed by atoms with E-state index in [1.54, 1.807) is 18.3 Å². The molecule has 0 aliphatic heterocycles. The lowest BCUT2D eigenvalue weighted by molar-refractivity contribution is 0.0950. The summed E-state index contributed by atoms with van der Waals surface area (Å²) < 4.78 is 27.2. The standard InChI is InChI=1S/C18H22N4O3S/c1-22(2)17-14(6-4-10-19-17)12-20-18(23)13-5-3-7-16(11-13)26(24,25)21-15-8-9-15/h3-7,10-11,15,21H,8-9,12H2,1-2H3,(H,20,23). The second-order valence-electron chi connectivity index (χ2n) is 6.49. The van der Waals surface area contributed by atoms with Gasteiger partial charge in [0.05, 0.1) is 4.90 Å². The molecular formula is C18H22N4O3S. The maximum Gasteiger partial charge on any atom is 0.251 e. The summed E-state index contributed by atoms with van der Waals surface area (Å²) in [5.74, 6) is 0.444. The second-order valence-corrected chi connectivity index (χ2v) is 8.20. The Hall–Kier alpha value is -2.45. The molecule has 1 aromatic heterocycles. The first kappa shape index (κ1) is 18.3. The van der Waals surface area contributed by atoms with Crippen LogP contribution in [0.1, 0.15) is 28.8 Å². The molecule has 1 saturated carbocycles. The van der Waals surface area contributed by atoms with E-state index in [9.17, 15) is 13.2 Å². The van der Waals surface area contributed by atoms with Crippen LogP contribution in [0.25, 0.3) is 0 Å². The Balaban J connectivity index is 1.72. The summed E-state index contributed by atoms with van der Waals surface area (Å²) in [6.07, 6.45) is 3.42. The van der Waals surface area contributed by atoms with E-state index in [0.29, 0.717) is 12.1 Å². The van der Waals surface area contributed by atoms with Gasteiger partial charge in [-0.3, -0.25) is 4.79 Å². The largest absolute Gasteiger partial charge is 0.362 e. The molecule has 1 aliphatic carbocycles. The van der Waals surface area contributed by atoms with E-state index in [0.717, 1.165) is 24.2 Å². The fraction of sp³-hybridized carbons (Fsp3) is 0.333. The van der Waals surface area contributed by atoms with Crippen molar-refractivity contribution in [2.75, 3.05) is 19.0 Å². The monoisotopic (exact) mass is 374 g/mol. The van der Waals surface area contributed by atoms with Gasteiger partial charge >= 0.3 is 0 Å². The summed E-state index contributed by atoms with van der Waals surface area (Å²) in [7, 11) is 0.183. The van der Waals surface area contributed by atoms with Gasteiger partial charge in [-0.25, -0.2) is 18.1 Å². The maximum absolute atomic E-state index is 12.5. The fourth-order valence-corrected chi connectivity index (χ4v) is 3.89. The highest BCUT2D eigenvalue weighted by Gasteiger charge is 2.28. The molecule has 1 aromatic carbocycles. The minimum Gasteiger partial charge on any atom is -0.362 e. The summed E-state index contributed by atoms with van der Waals surface area (Å²) in [4.78, 5) is 18.7. The molecule has 1 amide bonds. The van der Waals surface area contributed by atoms with Gasteiger partial charge in [0, 0.05) is 44.0 Å². The van der Waals surface area contributed by atoms with E-state index in [-0.39, 0.29) is 16.8 Å². The van der Waals surface area contributed by atoms with Gasteiger partial charge < -0.3 is 10.2 Å². The molecule has 1 aliphatic rings. The van der Waals surface area contributed by atoms with Crippen molar-refractivity contribution in [1.29, 1.82) is 0 Å². The van der Waals surface area contributed by atoms with E-state index in [4.69, 9.17) is 0 Å². The van der Waals surface area contributed by atoms with E-state index in [1.165, 1.54) is 12.1 Å². The van der Waals surface area contributed by atoms with Crippen molar-refractivity contribution in [2.24, 2.45) is 0 Å². The number of anilines is 1. The molecule has 3 rings (SSSR count). The molecule has 0 radical (unpaired) electrons. The van der Waals surface area contributed by atoms with Gasteiger partial charge in [-0.05, 0) is 37.1 Å². The molecule has 1 fully saturated rings. The van der Waals surface area contributed by atoms with Crippen LogP contribution in [0.5, 0.6) is 0 Å².